The minimum atomic E-state index is -0.306. The summed E-state index contributed by atoms with van der Waals surface area (Å²) in [6.07, 6.45) is 9.69. The van der Waals surface area contributed by atoms with Gasteiger partial charge in [-0.05, 0) is 101 Å². The first-order valence-electron chi connectivity index (χ1n) is 22.8. The lowest BCUT2D eigenvalue weighted by Crippen LogP contribution is -2.57. The van der Waals surface area contributed by atoms with E-state index < -0.39 is 0 Å². The Balaban J connectivity index is 0.715. The number of oxazole rings is 1. The maximum absolute atomic E-state index is 13.1. The number of benzene rings is 2. The summed E-state index contributed by atoms with van der Waals surface area (Å²) in [5, 5.41) is 31.7. The molecule has 0 bridgehead atoms. The van der Waals surface area contributed by atoms with Crippen LogP contribution in [-0.2, 0) is 17.6 Å². The average Bonchev–Trinajstić information content (AvgIpc) is 4.05. The molecule has 17 heteroatoms. The van der Waals surface area contributed by atoms with E-state index in [0.29, 0.717) is 40.9 Å². The molecule has 4 aliphatic rings. The van der Waals surface area contributed by atoms with E-state index in [2.05, 4.69) is 89.2 Å². The summed E-state index contributed by atoms with van der Waals surface area (Å²) in [5.41, 5.74) is 6.21. The Labute approximate surface area is 392 Å². The van der Waals surface area contributed by atoms with Crippen molar-refractivity contribution < 1.29 is 18.7 Å². The number of aliphatic imine (C=N–C) groups is 1. The number of anilines is 1. The number of morpholine rings is 1. The normalized spacial score (nSPS) is 20.5. The largest absolute Gasteiger partial charge is 0.490 e. The fraction of sp³-hybridized carbons (Fsp3) is 0.429. The van der Waals surface area contributed by atoms with Crippen LogP contribution in [0.3, 0.4) is 0 Å². The summed E-state index contributed by atoms with van der Waals surface area (Å²) in [5.74, 6) is 3.46. The van der Waals surface area contributed by atoms with E-state index in [4.69, 9.17) is 35.7 Å². The topological polar surface area (TPSA) is 173 Å². The van der Waals surface area contributed by atoms with Gasteiger partial charge in [-0.15, -0.1) is 31.7 Å². The van der Waals surface area contributed by atoms with Crippen molar-refractivity contribution in [1.82, 2.24) is 40.2 Å². The number of thiophene rings is 1. The number of nitrogens with zero attached hydrogens (tertiary/aromatic N) is 10. The van der Waals surface area contributed by atoms with Gasteiger partial charge in [0.25, 0.3) is 5.91 Å². The number of amides is 1. The lowest BCUT2D eigenvalue weighted by Gasteiger charge is -2.47. The first kappa shape index (κ1) is 43.9. The van der Waals surface area contributed by atoms with Crippen LogP contribution in [0, 0.1) is 32.1 Å². The maximum atomic E-state index is 13.1. The molecule has 1 saturated carbocycles. The van der Waals surface area contributed by atoms with Crippen molar-refractivity contribution in [2.24, 2.45) is 4.99 Å². The number of piperidine rings is 1. The molecule has 7 heterocycles. The van der Waals surface area contributed by atoms with Gasteiger partial charge >= 0.3 is 0 Å². The number of carbonyl (C=O) groups excluding carboxylic acids is 1. The van der Waals surface area contributed by atoms with Crippen molar-refractivity contribution in [2.45, 2.75) is 95.9 Å². The van der Waals surface area contributed by atoms with Crippen molar-refractivity contribution in [3.63, 3.8) is 0 Å². The van der Waals surface area contributed by atoms with Crippen molar-refractivity contribution in [2.75, 3.05) is 44.2 Å². The highest BCUT2D eigenvalue weighted by Crippen LogP contribution is 2.40. The monoisotopic (exact) mass is 925 g/mol. The van der Waals surface area contributed by atoms with Gasteiger partial charge < -0.3 is 24.1 Å². The average molecular weight is 927 g/mol. The predicted octanol–water partition coefficient (Wildman–Crippen LogP) is 7.73. The maximum Gasteiger partial charge on any atom is 0.272 e. The summed E-state index contributed by atoms with van der Waals surface area (Å²) >= 11 is 7.94. The Morgan fingerprint density at radius 3 is 2.55 bits per heavy atom. The quantitative estimate of drug-likeness (QED) is 0.134. The highest BCUT2D eigenvalue weighted by atomic mass is 35.5. The molecule has 6 aromatic rings. The predicted molar refractivity (Wildman–Crippen MR) is 251 cm³/mol. The molecule has 2 saturated heterocycles. The van der Waals surface area contributed by atoms with E-state index >= 15 is 0 Å². The first-order valence-corrected chi connectivity index (χ1v) is 24.0. The van der Waals surface area contributed by atoms with Crippen molar-refractivity contribution in [3.8, 4) is 16.8 Å². The third-order valence-electron chi connectivity index (χ3n) is 13.6. The number of hydrogen-bond donors (Lipinski definition) is 1. The molecule has 0 unspecified atom stereocenters. The number of nitriles is 1. The second-order valence-electron chi connectivity index (χ2n) is 17.9. The molecule has 3 fully saturated rings. The smallest absolute Gasteiger partial charge is 0.272 e. The van der Waals surface area contributed by atoms with Gasteiger partial charge in [0.15, 0.2) is 23.2 Å². The molecule has 10 rings (SSSR count). The van der Waals surface area contributed by atoms with Crippen LogP contribution in [0.2, 0.25) is 5.02 Å². The van der Waals surface area contributed by atoms with E-state index in [1.54, 1.807) is 48.1 Å². The van der Waals surface area contributed by atoms with Crippen molar-refractivity contribution >= 4 is 40.4 Å². The van der Waals surface area contributed by atoms with Crippen LogP contribution < -0.4 is 15.0 Å². The van der Waals surface area contributed by atoms with Gasteiger partial charge in [0.1, 0.15) is 34.9 Å². The van der Waals surface area contributed by atoms with Gasteiger partial charge in [-0.1, -0.05) is 35.9 Å². The number of carbonyl (C=O) groups is 1. The van der Waals surface area contributed by atoms with Crippen LogP contribution in [0.25, 0.3) is 5.00 Å². The van der Waals surface area contributed by atoms with Crippen LogP contribution in [0.5, 0.6) is 5.75 Å². The van der Waals surface area contributed by atoms with Crippen molar-refractivity contribution in [1.29, 1.82) is 5.26 Å². The number of halogens is 1. The van der Waals surface area contributed by atoms with Gasteiger partial charge in [0.2, 0.25) is 0 Å². The van der Waals surface area contributed by atoms with Gasteiger partial charge in [0.05, 0.1) is 47.2 Å². The minimum absolute atomic E-state index is 0.0255. The zero-order valence-corrected chi connectivity index (χ0v) is 38.9. The van der Waals surface area contributed by atoms with Crippen molar-refractivity contribution in [3.05, 3.63) is 128 Å². The number of aryl methyl sites for hydroxylation is 2. The highest BCUT2D eigenvalue weighted by molar-refractivity contribution is 7.15. The van der Waals surface area contributed by atoms with Crippen LogP contribution in [0.4, 0.5) is 5.82 Å². The molecule has 0 radical (unpaired) electrons. The summed E-state index contributed by atoms with van der Waals surface area (Å²) in [6, 6.07) is 19.5. The summed E-state index contributed by atoms with van der Waals surface area (Å²) in [7, 11) is 0. The van der Waals surface area contributed by atoms with Gasteiger partial charge in [-0.3, -0.25) is 19.3 Å². The molecule has 4 aromatic heterocycles. The Kier molecular flexibility index (Phi) is 12.4. The van der Waals surface area contributed by atoms with Gasteiger partial charge in [-0.2, -0.15) is 5.26 Å². The van der Waals surface area contributed by atoms with E-state index in [9.17, 15) is 4.79 Å². The second-order valence-corrected chi connectivity index (χ2v) is 19.5. The Morgan fingerprint density at radius 2 is 1.82 bits per heavy atom. The minimum Gasteiger partial charge on any atom is -0.490 e. The Hall–Kier alpha value is -5.99. The number of aromatic nitrogens is 6. The third kappa shape index (κ3) is 9.09. The molecule has 340 valence electrons. The SMILES string of the molecule is Cc1sc2c(c1C)C(c1ccc(CCN3CCOC4(CCN(c5ccc(C(=O)N[C@H]6CC[C@H](Oc7ccc(C#N)c(Cl)c7)CC6)nn5)CC4)C3)cc1)=N[C@@H](Cc1ncco1)c1nnc(C)n1-2. The number of ether oxygens (including phenoxy) is 2. The Bertz CT molecular complexity index is 2770. The van der Waals surface area contributed by atoms with E-state index in [-0.39, 0.29) is 29.7 Å². The molecule has 1 amide bonds. The molecular formula is C49H52ClN11O4S. The van der Waals surface area contributed by atoms with E-state index in [0.717, 1.165) is 117 Å². The Morgan fingerprint density at radius 1 is 1.00 bits per heavy atom. The molecule has 1 N–H and O–H groups in total. The summed E-state index contributed by atoms with van der Waals surface area (Å²) in [6.45, 7) is 11.4. The molecule has 1 spiro atoms. The zero-order chi connectivity index (χ0) is 45.4. The van der Waals surface area contributed by atoms with Crippen LogP contribution in [0.1, 0.15) is 105 Å². The van der Waals surface area contributed by atoms with Gasteiger partial charge in [0, 0.05) is 60.8 Å². The summed E-state index contributed by atoms with van der Waals surface area (Å²) < 4.78 is 20.5. The molecular weight excluding hydrogens is 874 g/mol. The number of hydrogen-bond acceptors (Lipinski definition) is 14. The molecule has 66 heavy (non-hydrogen) atoms. The van der Waals surface area contributed by atoms with Crippen LogP contribution in [0.15, 0.2) is 76.5 Å². The summed E-state index contributed by atoms with van der Waals surface area (Å²) in [4.78, 5) is 29.0. The molecule has 1 aliphatic carbocycles. The zero-order valence-electron chi connectivity index (χ0n) is 37.4. The second kappa shape index (κ2) is 18.7. The number of fused-ring (bicyclic) bond motifs is 3. The van der Waals surface area contributed by atoms with E-state index in [1.807, 2.05) is 13.0 Å². The van der Waals surface area contributed by atoms with Crippen LogP contribution in [-0.4, -0.2) is 104 Å². The third-order valence-corrected chi connectivity index (χ3v) is 15.1. The molecule has 2 aromatic carbocycles. The fourth-order valence-corrected chi connectivity index (χ4v) is 11.2. The number of rotatable bonds is 11. The van der Waals surface area contributed by atoms with Gasteiger partial charge in [-0.25, -0.2) is 4.98 Å². The lowest BCUT2D eigenvalue weighted by molar-refractivity contribution is -0.120. The lowest BCUT2D eigenvalue weighted by atomic mass is 9.89. The first-order chi connectivity index (χ1) is 32.1. The van der Waals surface area contributed by atoms with E-state index in [1.165, 1.54) is 16.0 Å². The fourth-order valence-electron chi connectivity index (χ4n) is 9.77. The number of nitrogens with one attached hydrogen (secondary N) is 1. The molecule has 15 nitrogen and oxygen atoms in total. The molecule has 1 atom stereocenters. The highest BCUT2D eigenvalue weighted by Gasteiger charge is 2.40. The molecule has 3 aliphatic heterocycles. The van der Waals surface area contributed by atoms with Crippen LogP contribution >= 0.6 is 22.9 Å². The standard InChI is InChI=1S/C49H52ClN11O4S/c1-30-31(2)66-48-44(30)45(54-41(27-43-52-19-24-63-43)46-58-55-32(3)61(46)48)34-6-4-33(5-7-34)16-20-59-23-25-64-49(29-59)17-21-60(22-18-49)42-15-14-40(56-57-42)47(62)53-36-9-12-37(13-10-36)65-38-11-8-35(28-51)39(50)26-38/h4-8,11,14-15,19,24,26,36-37,41H,9-10,12-13,16-18,20-23,25,27,29H2,1-3H3,(H,53,62)/t36-,37-,41-/m0/s1.